The van der Waals surface area contributed by atoms with Gasteiger partial charge in [-0.1, -0.05) is 23.7 Å². The molecule has 2 N–H and O–H groups in total. The van der Waals surface area contributed by atoms with Crippen LogP contribution in [0.5, 0.6) is 0 Å². The molecule has 0 unspecified atom stereocenters. The first kappa shape index (κ1) is 12.0. The van der Waals surface area contributed by atoms with Gasteiger partial charge in [0, 0.05) is 17.6 Å². The van der Waals surface area contributed by atoms with Gasteiger partial charge in [-0.05, 0) is 24.6 Å². The van der Waals surface area contributed by atoms with Gasteiger partial charge in [-0.25, -0.2) is 0 Å². The number of aliphatic carboxylic acids is 1. The van der Waals surface area contributed by atoms with Crippen molar-refractivity contribution in [2.24, 2.45) is 0 Å². The van der Waals surface area contributed by atoms with E-state index in [1.165, 1.54) is 0 Å². The summed E-state index contributed by atoms with van der Waals surface area (Å²) >= 11 is 5.76. The highest BCUT2D eigenvalue weighted by atomic mass is 35.5. The first-order valence-electron chi connectivity index (χ1n) is 4.80. The van der Waals surface area contributed by atoms with Gasteiger partial charge in [0.2, 0.25) is 0 Å². The molecule has 1 aromatic rings. The molecule has 0 radical (unpaired) electrons. The molecule has 0 aromatic heterocycles. The van der Waals surface area contributed by atoms with Crippen molar-refractivity contribution in [3.63, 3.8) is 0 Å². The van der Waals surface area contributed by atoms with E-state index in [4.69, 9.17) is 16.7 Å². The van der Waals surface area contributed by atoms with Gasteiger partial charge in [0.25, 0.3) is 0 Å². The van der Waals surface area contributed by atoms with E-state index in [-0.39, 0.29) is 12.5 Å². The SMILES string of the molecule is C[C@H](NCCC(=O)O)c1ccc(Cl)cc1. The van der Waals surface area contributed by atoms with Crippen molar-refractivity contribution in [3.05, 3.63) is 34.9 Å². The fraction of sp³-hybridized carbons (Fsp3) is 0.364. The summed E-state index contributed by atoms with van der Waals surface area (Å²) in [6.07, 6.45) is 0.137. The molecular formula is C11H14ClNO2. The van der Waals surface area contributed by atoms with Crippen LogP contribution < -0.4 is 5.32 Å². The minimum Gasteiger partial charge on any atom is -0.481 e. The van der Waals surface area contributed by atoms with Crippen LogP contribution in [0.25, 0.3) is 0 Å². The minimum atomic E-state index is -0.786. The molecule has 0 amide bonds. The molecule has 1 aromatic carbocycles. The normalized spacial score (nSPS) is 12.4. The quantitative estimate of drug-likeness (QED) is 0.813. The average Bonchev–Trinajstić information content (AvgIpc) is 2.18. The molecule has 0 spiro atoms. The van der Waals surface area contributed by atoms with Gasteiger partial charge in [-0.15, -0.1) is 0 Å². The lowest BCUT2D eigenvalue weighted by Crippen LogP contribution is -2.21. The molecule has 82 valence electrons. The van der Waals surface area contributed by atoms with Gasteiger partial charge in [0.1, 0.15) is 0 Å². The summed E-state index contributed by atoms with van der Waals surface area (Å²) in [4.78, 5) is 10.3. The van der Waals surface area contributed by atoms with E-state index in [1.54, 1.807) is 0 Å². The highest BCUT2D eigenvalue weighted by Crippen LogP contribution is 2.15. The smallest absolute Gasteiger partial charge is 0.304 e. The number of halogens is 1. The fourth-order valence-electron chi connectivity index (χ4n) is 1.26. The molecule has 0 saturated heterocycles. The molecule has 15 heavy (non-hydrogen) atoms. The Kier molecular flexibility index (Phi) is 4.59. The maximum Gasteiger partial charge on any atom is 0.304 e. The van der Waals surface area contributed by atoms with Crippen LogP contribution >= 0.6 is 11.6 Å². The summed E-state index contributed by atoms with van der Waals surface area (Å²) in [7, 11) is 0. The molecular weight excluding hydrogens is 214 g/mol. The summed E-state index contributed by atoms with van der Waals surface area (Å²) in [6.45, 7) is 2.46. The number of rotatable bonds is 5. The molecule has 0 bridgehead atoms. The maximum atomic E-state index is 10.3. The van der Waals surface area contributed by atoms with E-state index >= 15 is 0 Å². The molecule has 1 atom stereocenters. The second kappa shape index (κ2) is 5.73. The Labute approximate surface area is 94.1 Å². The predicted octanol–water partition coefficient (Wildman–Crippen LogP) is 2.47. The Morgan fingerprint density at radius 3 is 2.60 bits per heavy atom. The van der Waals surface area contributed by atoms with Crippen LogP contribution in [0.15, 0.2) is 24.3 Å². The second-order valence-electron chi connectivity index (χ2n) is 3.37. The van der Waals surface area contributed by atoms with Gasteiger partial charge in [0.15, 0.2) is 0 Å². The Balaban J connectivity index is 2.43. The number of carboxylic acids is 1. The van der Waals surface area contributed by atoms with E-state index in [1.807, 2.05) is 31.2 Å². The van der Waals surface area contributed by atoms with Crippen molar-refractivity contribution in [2.75, 3.05) is 6.54 Å². The van der Waals surface area contributed by atoms with E-state index in [9.17, 15) is 4.79 Å². The van der Waals surface area contributed by atoms with Crippen LogP contribution in [0.2, 0.25) is 5.02 Å². The van der Waals surface area contributed by atoms with Crippen molar-refractivity contribution >= 4 is 17.6 Å². The highest BCUT2D eigenvalue weighted by Gasteiger charge is 2.04. The second-order valence-corrected chi connectivity index (χ2v) is 3.81. The van der Waals surface area contributed by atoms with Crippen molar-refractivity contribution in [2.45, 2.75) is 19.4 Å². The van der Waals surface area contributed by atoms with Crippen LogP contribution in [0.4, 0.5) is 0 Å². The topological polar surface area (TPSA) is 49.3 Å². The monoisotopic (exact) mass is 227 g/mol. The fourth-order valence-corrected chi connectivity index (χ4v) is 1.39. The molecule has 3 nitrogen and oxygen atoms in total. The molecule has 0 aliphatic rings. The average molecular weight is 228 g/mol. The number of hydrogen-bond donors (Lipinski definition) is 2. The number of nitrogens with one attached hydrogen (secondary N) is 1. The lowest BCUT2D eigenvalue weighted by Gasteiger charge is -2.13. The van der Waals surface area contributed by atoms with Gasteiger partial charge in [-0.2, -0.15) is 0 Å². The molecule has 0 heterocycles. The molecule has 4 heteroatoms. The van der Waals surface area contributed by atoms with Crippen LogP contribution in [-0.2, 0) is 4.79 Å². The Hall–Kier alpha value is -1.06. The predicted molar refractivity (Wildman–Crippen MR) is 60.1 cm³/mol. The molecule has 0 aliphatic carbocycles. The Morgan fingerprint density at radius 2 is 2.07 bits per heavy atom. The van der Waals surface area contributed by atoms with Gasteiger partial charge in [-0.3, -0.25) is 4.79 Å². The summed E-state index contributed by atoms with van der Waals surface area (Å²) < 4.78 is 0. The van der Waals surface area contributed by atoms with E-state index < -0.39 is 5.97 Å². The van der Waals surface area contributed by atoms with Crippen molar-refractivity contribution in [3.8, 4) is 0 Å². The van der Waals surface area contributed by atoms with Crippen molar-refractivity contribution in [1.82, 2.24) is 5.32 Å². The van der Waals surface area contributed by atoms with E-state index in [0.29, 0.717) is 11.6 Å². The number of benzene rings is 1. The highest BCUT2D eigenvalue weighted by molar-refractivity contribution is 6.30. The number of hydrogen-bond acceptors (Lipinski definition) is 2. The summed E-state index contributed by atoms with van der Waals surface area (Å²) in [5.41, 5.74) is 1.10. The standard InChI is InChI=1S/C11H14ClNO2/c1-8(13-7-6-11(14)15)9-2-4-10(12)5-3-9/h2-5,8,13H,6-7H2,1H3,(H,14,15)/t8-/m0/s1. The lowest BCUT2D eigenvalue weighted by molar-refractivity contribution is -0.136. The minimum absolute atomic E-state index is 0.137. The van der Waals surface area contributed by atoms with Crippen LogP contribution in [-0.4, -0.2) is 17.6 Å². The third-order valence-electron chi connectivity index (χ3n) is 2.16. The van der Waals surface area contributed by atoms with Gasteiger partial charge < -0.3 is 10.4 Å². The zero-order valence-corrected chi connectivity index (χ0v) is 9.29. The van der Waals surface area contributed by atoms with Crippen LogP contribution in [0, 0.1) is 0 Å². The lowest BCUT2D eigenvalue weighted by atomic mass is 10.1. The van der Waals surface area contributed by atoms with E-state index in [2.05, 4.69) is 5.32 Å². The maximum absolute atomic E-state index is 10.3. The number of carboxylic acid groups (broad SMARTS) is 1. The van der Waals surface area contributed by atoms with Crippen LogP contribution in [0.1, 0.15) is 24.9 Å². The summed E-state index contributed by atoms with van der Waals surface area (Å²) in [5, 5.41) is 12.3. The third-order valence-corrected chi connectivity index (χ3v) is 2.41. The van der Waals surface area contributed by atoms with E-state index in [0.717, 1.165) is 5.56 Å². The zero-order chi connectivity index (χ0) is 11.3. The van der Waals surface area contributed by atoms with Crippen molar-refractivity contribution < 1.29 is 9.90 Å². The Morgan fingerprint density at radius 1 is 1.47 bits per heavy atom. The van der Waals surface area contributed by atoms with Crippen molar-refractivity contribution in [1.29, 1.82) is 0 Å². The number of carbonyl (C=O) groups is 1. The van der Waals surface area contributed by atoms with Gasteiger partial charge >= 0.3 is 5.97 Å². The summed E-state index contributed by atoms with van der Waals surface area (Å²) in [5.74, 6) is -0.786. The molecule has 1 rings (SSSR count). The largest absolute Gasteiger partial charge is 0.481 e. The third kappa shape index (κ3) is 4.32. The molecule has 0 aliphatic heterocycles. The molecule has 0 saturated carbocycles. The van der Waals surface area contributed by atoms with Crippen LogP contribution in [0.3, 0.4) is 0 Å². The summed E-state index contributed by atoms with van der Waals surface area (Å²) in [6, 6.07) is 7.65. The molecule has 0 fully saturated rings. The Bertz CT molecular complexity index is 324. The first-order chi connectivity index (χ1) is 7.09. The first-order valence-corrected chi connectivity index (χ1v) is 5.18. The van der Waals surface area contributed by atoms with Gasteiger partial charge in [0.05, 0.1) is 6.42 Å². The zero-order valence-electron chi connectivity index (χ0n) is 8.53.